The molecule has 0 aliphatic heterocycles. The summed E-state index contributed by atoms with van der Waals surface area (Å²) in [5.74, 6) is -0.0993. The van der Waals surface area contributed by atoms with Gasteiger partial charge in [-0.25, -0.2) is 0 Å². The first-order chi connectivity index (χ1) is 7.76. The predicted molar refractivity (Wildman–Crippen MR) is 68.7 cm³/mol. The molecule has 0 aliphatic rings. The Morgan fingerprint density at radius 2 is 2.06 bits per heavy atom. The monoisotopic (exact) mass is 238 g/mol. The van der Waals surface area contributed by atoms with Crippen LogP contribution >= 0.6 is 11.8 Å². The molecular formula is C13H18O2S. The molecule has 0 amide bonds. The van der Waals surface area contributed by atoms with Crippen LogP contribution < -0.4 is 0 Å². The zero-order valence-electron chi connectivity index (χ0n) is 9.81. The highest BCUT2D eigenvalue weighted by molar-refractivity contribution is 7.99. The molecule has 0 saturated carbocycles. The van der Waals surface area contributed by atoms with Crippen molar-refractivity contribution in [1.29, 1.82) is 0 Å². The molecule has 3 heteroatoms. The van der Waals surface area contributed by atoms with Crippen LogP contribution in [-0.4, -0.2) is 24.1 Å². The number of carbonyl (C=O) groups is 1. The predicted octanol–water partition coefficient (Wildman–Crippen LogP) is 2.91. The highest BCUT2D eigenvalue weighted by Gasteiger charge is 2.13. The van der Waals surface area contributed by atoms with E-state index in [1.165, 1.54) is 5.56 Å². The number of rotatable bonds is 6. The van der Waals surface area contributed by atoms with Gasteiger partial charge >= 0.3 is 5.97 Å². The fraction of sp³-hybridized carbons (Fsp3) is 0.462. The second-order valence-corrected chi connectivity index (χ2v) is 4.69. The van der Waals surface area contributed by atoms with Crippen LogP contribution in [0.3, 0.4) is 0 Å². The van der Waals surface area contributed by atoms with Crippen LogP contribution in [0.5, 0.6) is 0 Å². The highest BCUT2D eigenvalue weighted by Crippen LogP contribution is 2.17. The van der Waals surface area contributed by atoms with Crippen molar-refractivity contribution < 1.29 is 9.53 Å². The molecule has 1 atom stereocenters. The summed E-state index contributed by atoms with van der Waals surface area (Å²) in [5, 5.41) is 0.307. The summed E-state index contributed by atoms with van der Waals surface area (Å²) in [5.41, 5.74) is 1.27. The molecule has 0 heterocycles. The van der Waals surface area contributed by atoms with Crippen molar-refractivity contribution in [2.45, 2.75) is 25.0 Å². The molecule has 0 N–H and O–H groups in total. The van der Waals surface area contributed by atoms with E-state index >= 15 is 0 Å². The second kappa shape index (κ2) is 7.34. The van der Waals surface area contributed by atoms with Crippen LogP contribution in [0, 0.1) is 0 Å². The van der Waals surface area contributed by atoms with Gasteiger partial charge in [-0.05, 0) is 25.2 Å². The van der Waals surface area contributed by atoms with E-state index in [-0.39, 0.29) is 5.97 Å². The van der Waals surface area contributed by atoms with Crippen LogP contribution in [0.1, 0.15) is 18.9 Å². The van der Waals surface area contributed by atoms with E-state index in [9.17, 15) is 4.79 Å². The minimum absolute atomic E-state index is 0.0993. The maximum absolute atomic E-state index is 11.4. The molecule has 88 valence electrons. The molecule has 16 heavy (non-hydrogen) atoms. The zero-order valence-corrected chi connectivity index (χ0v) is 10.6. The lowest BCUT2D eigenvalue weighted by atomic mass is 10.1. The van der Waals surface area contributed by atoms with Gasteiger partial charge in [0.15, 0.2) is 0 Å². The first-order valence-electron chi connectivity index (χ1n) is 5.48. The van der Waals surface area contributed by atoms with Gasteiger partial charge in [0.1, 0.15) is 0 Å². The number of benzene rings is 1. The summed E-state index contributed by atoms with van der Waals surface area (Å²) in [7, 11) is 0. The minimum atomic E-state index is -0.0993. The number of carbonyl (C=O) groups excluding carboxylic acids is 1. The Hall–Kier alpha value is -0.960. The third-order valence-corrected chi connectivity index (χ3v) is 3.34. The molecule has 2 nitrogen and oxygen atoms in total. The van der Waals surface area contributed by atoms with Crippen molar-refractivity contribution in [1.82, 2.24) is 0 Å². The molecule has 1 unspecified atom stereocenters. The van der Waals surface area contributed by atoms with Crippen LogP contribution in [0.25, 0.3) is 0 Å². The SMILES string of the molecule is CCOC(=O)CC(Cc1ccccc1)SC. The standard InChI is InChI=1S/C13H18O2S/c1-3-15-13(14)10-12(16-2)9-11-7-5-4-6-8-11/h4-8,12H,3,9-10H2,1-2H3. The number of hydrogen-bond donors (Lipinski definition) is 0. The van der Waals surface area contributed by atoms with Crippen molar-refractivity contribution >= 4 is 17.7 Å². The fourth-order valence-corrected chi connectivity index (χ4v) is 2.18. The average molecular weight is 238 g/mol. The first-order valence-corrected chi connectivity index (χ1v) is 6.77. The smallest absolute Gasteiger partial charge is 0.306 e. The van der Waals surface area contributed by atoms with Crippen molar-refractivity contribution in [3.63, 3.8) is 0 Å². The van der Waals surface area contributed by atoms with E-state index in [2.05, 4.69) is 12.1 Å². The lowest BCUT2D eigenvalue weighted by molar-refractivity contribution is -0.143. The van der Waals surface area contributed by atoms with Crippen molar-refractivity contribution in [2.75, 3.05) is 12.9 Å². The van der Waals surface area contributed by atoms with Gasteiger partial charge in [-0.3, -0.25) is 4.79 Å². The topological polar surface area (TPSA) is 26.3 Å². The largest absolute Gasteiger partial charge is 0.466 e. The van der Waals surface area contributed by atoms with Crippen molar-refractivity contribution in [3.05, 3.63) is 35.9 Å². The van der Waals surface area contributed by atoms with Gasteiger partial charge in [0.2, 0.25) is 0 Å². The molecule has 1 aromatic carbocycles. The number of hydrogen-bond acceptors (Lipinski definition) is 3. The van der Waals surface area contributed by atoms with Crippen LogP contribution in [0.15, 0.2) is 30.3 Å². The zero-order chi connectivity index (χ0) is 11.8. The number of thioether (sulfide) groups is 1. The minimum Gasteiger partial charge on any atom is -0.466 e. The van der Waals surface area contributed by atoms with E-state index in [0.29, 0.717) is 18.3 Å². The molecule has 0 aromatic heterocycles. The Morgan fingerprint density at radius 1 is 1.38 bits per heavy atom. The van der Waals surface area contributed by atoms with Gasteiger partial charge in [-0.2, -0.15) is 11.8 Å². The van der Waals surface area contributed by atoms with Crippen molar-refractivity contribution in [3.8, 4) is 0 Å². The Morgan fingerprint density at radius 3 is 2.62 bits per heavy atom. The maximum atomic E-state index is 11.4. The molecule has 0 aliphatic carbocycles. The highest BCUT2D eigenvalue weighted by atomic mass is 32.2. The summed E-state index contributed by atoms with van der Waals surface area (Å²) >= 11 is 1.72. The van der Waals surface area contributed by atoms with Gasteiger partial charge in [0, 0.05) is 5.25 Å². The Kier molecular flexibility index (Phi) is 6.01. The molecule has 0 fully saturated rings. The lowest BCUT2D eigenvalue weighted by Crippen LogP contribution is -2.15. The average Bonchev–Trinajstić information content (AvgIpc) is 2.30. The van der Waals surface area contributed by atoms with Crippen LogP contribution in [0.4, 0.5) is 0 Å². The molecule has 1 aromatic rings. The van der Waals surface area contributed by atoms with Crippen molar-refractivity contribution in [2.24, 2.45) is 0 Å². The summed E-state index contributed by atoms with van der Waals surface area (Å²) in [6, 6.07) is 10.2. The maximum Gasteiger partial charge on any atom is 0.306 e. The normalized spacial score (nSPS) is 12.1. The third kappa shape index (κ3) is 4.71. The Labute approximate surface area is 101 Å². The van der Waals surface area contributed by atoms with E-state index in [1.54, 1.807) is 11.8 Å². The Balaban J connectivity index is 2.46. The quantitative estimate of drug-likeness (QED) is 0.713. The second-order valence-electron chi connectivity index (χ2n) is 3.56. The van der Waals surface area contributed by atoms with E-state index < -0.39 is 0 Å². The molecule has 0 spiro atoms. The Bertz CT molecular complexity index is 311. The van der Waals surface area contributed by atoms with Gasteiger partial charge in [0.25, 0.3) is 0 Å². The van der Waals surface area contributed by atoms with E-state index in [4.69, 9.17) is 4.74 Å². The fourth-order valence-electron chi connectivity index (χ4n) is 1.52. The summed E-state index contributed by atoms with van der Waals surface area (Å²) in [6.45, 7) is 2.30. The molecule has 0 radical (unpaired) electrons. The third-order valence-electron chi connectivity index (χ3n) is 2.34. The first kappa shape index (κ1) is 13.1. The van der Waals surface area contributed by atoms with Crippen LogP contribution in [-0.2, 0) is 16.0 Å². The molecule has 1 rings (SSSR count). The molecule has 0 bridgehead atoms. The summed E-state index contributed by atoms with van der Waals surface area (Å²) in [4.78, 5) is 11.4. The van der Waals surface area contributed by atoms with E-state index in [0.717, 1.165) is 6.42 Å². The molecular weight excluding hydrogens is 220 g/mol. The number of ether oxygens (including phenoxy) is 1. The van der Waals surface area contributed by atoms with Gasteiger partial charge in [0.05, 0.1) is 13.0 Å². The van der Waals surface area contributed by atoms with Gasteiger partial charge in [-0.15, -0.1) is 0 Å². The van der Waals surface area contributed by atoms with Gasteiger partial charge in [-0.1, -0.05) is 30.3 Å². The van der Waals surface area contributed by atoms with Crippen LogP contribution in [0.2, 0.25) is 0 Å². The molecule has 0 saturated heterocycles. The van der Waals surface area contributed by atoms with E-state index in [1.807, 2.05) is 31.4 Å². The summed E-state index contributed by atoms with van der Waals surface area (Å²) < 4.78 is 4.96. The number of esters is 1. The lowest BCUT2D eigenvalue weighted by Gasteiger charge is -2.13. The summed E-state index contributed by atoms with van der Waals surface area (Å²) in [6.07, 6.45) is 3.44. The van der Waals surface area contributed by atoms with Gasteiger partial charge < -0.3 is 4.74 Å².